The Balaban J connectivity index is 1.38. The molecule has 0 bridgehead atoms. The lowest BCUT2D eigenvalue weighted by Gasteiger charge is -2.19. The molecule has 0 saturated carbocycles. The number of hydrogen-bond acceptors (Lipinski definition) is 6. The van der Waals surface area contributed by atoms with E-state index >= 15 is 0 Å². The van der Waals surface area contributed by atoms with E-state index in [-0.39, 0.29) is 25.2 Å². The maximum absolute atomic E-state index is 12.5. The highest BCUT2D eigenvalue weighted by Crippen LogP contribution is 2.35. The molecule has 2 aromatic carbocycles. The van der Waals surface area contributed by atoms with Crippen LogP contribution in [0.15, 0.2) is 36.4 Å². The molecule has 0 spiro atoms. The van der Waals surface area contributed by atoms with Crippen molar-refractivity contribution in [1.82, 2.24) is 5.32 Å². The molecular formula is C20H21N3O6. The van der Waals surface area contributed by atoms with Gasteiger partial charge in [0.15, 0.2) is 23.0 Å². The molecule has 0 aliphatic carbocycles. The molecule has 3 amide bonds. The summed E-state index contributed by atoms with van der Waals surface area (Å²) in [6.07, 6.45) is 0.211. The van der Waals surface area contributed by atoms with Crippen LogP contribution in [0.3, 0.4) is 0 Å². The van der Waals surface area contributed by atoms with Crippen molar-refractivity contribution in [3.05, 3.63) is 36.4 Å². The second-order valence-electron chi connectivity index (χ2n) is 6.61. The van der Waals surface area contributed by atoms with Gasteiger partial charge in [0, 0.05) is 36.5 Å². The van der Waals surface area contributed by atoms with Gasteiger partial charge in [-0.15, -0.1) is 0 Å². The lowest BCUT2D eigenvalue weighted by atomic mass is 10.2. The molecule has 4 rings (SSSR count). The number of urea groups is 1. The summed E-state index contributed by atoms with van der Waals surface area (Å²) < 4.78 is 21.1. The van der Waals surface area contributed by atoms with Gasteiger partial charge in [-0.1, -0.05) is 0 Å². The zero-order valence-electron chi connectivity index (χ0n) is 16.1. The quantitative estimate of drug-likeness (QED) is 0.801. The van der Waals surface area contributed by atoms with Crippen molar-refractivity contribution in [2.75, 3.05) is 37.8 Å². The molecule has 2 aromatic rings. The third kappa shape index (κ3) is 3.84. The molecule has 29 heavy (non-hydrogen) atoms. The summed E-state index contributed by atoms with van der Waals surface area (Å²) in [6.45, 7) is 0.532. The minimum Gasteiger partial charge on any atom is -0.493 e. The lowest BCUT2D eigenvalue weighted by molar-refractivity contribution is -0.117. The van der Waals surface area contributed by atoms with Gasteiger partial charge in [-0.2, -0.15) is 0 Å². The van der Waals surface area contributed by atoms with Crippen molar-refractivity contribution in [3.63, 3.8) is 0 Å². The third-order valence-electron chi connectivity index (χ3n) is 4.77. The number of methoxy groups -OCH3 is 2. The summed E-state index contributed by atoms with van der Waals surface area (Å²) in [5, 5.41) is 5.59. The standard InChI is InChI=1S/C20H21N3O6/c1-26-15-6-4-14(9-17(15)27-2)23-10-13(8-19(23)24)22-20(25)21-12-3-5-16-18(7-12)29-11-28-16/h3-7,9,13H,8,10-11H2,1-2H3,(H2,21,22,25)/t13-/m1/s1. The number of amides is 3. The van der Waals surface area contributed by atoms with E-state index in [0.717, 1.165) is 0 Å². The third-order valence-corrected chi connectivity index (χ3v) is 4.77. The topological polar surface area (TPSA) is 98.4 Å². The van der Waals surface area contributed by atoms with Gasteiger partial charge in [-0.25, -0.2) is 4.79 Å². The van der Waals surface area contributed by atoms with Crippen LogP contribution in [0.25, 0.3) is 0 Å². The predicted molar refractivity (Wildman–Crippen MR) is 105 cm³/mol. The summed E-state index contributed by atoms with van der Waals surface area (Å²) in [7, 11) is 3.09. The summed E-state index contributed by atoms with van der Waals surface area (Å²) in [4.78, 5) is 26.4. The zero-order valence-corrected chi connectivity index (χ0v) is 16.1. The fraction of sp³-hybridized carbons (Fsp3) is 0.300. The van der Waals surface area contributed by atoms with Crippen LogP contribution in [-0.4, -0.2) is 45.5 Å². The van der Waals surface area contributed by atoms with Gasteiger partial charge in [0.25, 0.3) is 0 Å². The number of ether oxygens (including phenoxy) is 4. The normalized spacial score (nSPS) is 17.2. The molecule has 0 aromatic heterocycles. The number of hydrogen-bond donors (Lipinski definition) is 2. The summed E-state index contributed by atoms with van der Waals surface area (Å²) in [5.74, 6) is 2.27. The van der Waals surface area contributed by atoms with E-state index in [1.54, 1.807) is 48.4 Å². The van der Waals surface area contributed by atoms with Crippen molar-refractivity contribution < 1.29 is 28.5 Å². The monoisotopic (exact) mass is 399 g/mol. The minimum atomic E-state index is -0.393. The molecule has 152 valence electrons. The van der Waals surface area contributed by atoms with Crippen molar-refractivity contribution >= 4 is 23.3 Å². The van der Waals surface area contributed by atoms with Crippen LogP contribution in [0, 0.1) is 0 Å². The van der Waals surface area contributed by atoms with Crippen LogP contribution < -0.4 is 34.5 Å². The molecule has 1 atom stereocenters. The van der Waals surface area contributed by atoms with Crippen LogP contribution in [0.1, 0.15) is 6.42 Å². The first-order chi connectivity index (χ1) is 14.1. The average Bonchev–Trinajstić information content (AvgIpc) is 3.33. The molecular weight excluding hydrogens is 378 g/mol. The van der Waals surface area contributed by atoms with E-state index in [2.05, 4.69) is 10.6 Å². The van der Waals surface area contributed by atoms with E-state index in [0.29, 0.717) is 40.9 Å². The molecule has 0 unspecified atom stereocenters. The predicted octanol–water partition coefficient (Wildman–Crippen LogP) is 2.36. The Hall–Kier alpha value is -3.62. The highest BCUT2D eigenvalue weighted by atomic mass is 16.7. The molecule has 1 fully saturated rings. The van der Waals surface area contributed by atoms with E-state index < -0.39 is 6.03 Å². The van der Waals surface area contributed by atoms with Crippen LogP contribution >= 0.6 is 0 Å². The Morgan fingerprint density at radius 2 is 1.86 bits per heavy atom. The number of nitrogens with zero attached hydrogens (tertiary/aromatic N) is 1. The van der Waals surface area contributed by atoms with E-state index in [4.69, 9.17) is 18.9 Å². The molecule has 9 heteroatoms. The van der Waals surface area contributed by atoms with Gasteiger partial charge in [0.05, 0.1) is 20.3 Å². The second kappa shape index (κ2) is 7.78. The highest BCUT2D eigenvalue weighted by Gasteiger charge is 2.32. The molecule has 2 aliphatic rings. The van der Waals surface area contributed by atoms with Crippen molar-refractivity contribution in [3.8, 4) is 23.0 Å². The SMILES string of the molecule is COc1ccc(N2C[C@H](NC(=O)Nc3ccc4c(c3)OCO4)CC2=O)cc1OC. The number of carbonyl (C=O) groups is 2. The maximum atomic E-state index is 12.5. The fourth-order valence-electron chi connectivity index (χ4n) is 3.37. The lowest BCUT2D eigenvalue weighted by Crippen LogP contribution is -2.39. The number of nitrogens with one attached hydrogen (secondary N) is 2. The first-order valence-electron chi connectivity index (χ1n) is 9.07. The second-order valence-corrected chi connectivity index (χ2v) is 6.61. The van der Waals surface area contributed by atoms with Crippen LogP contribution in [-0.2, 0) is 4.79 Å². The average molecular weight is 399 g/mol. The Morgan fingerprint density at radius 3 is 2.66 bits per heavy atom. The number of carbonyl (C=O) groups excluding carboxylic acids is 2. The number of fused-ring (bicyclic) bond motifs is 1. The Labute approximate surface area is 167 Å². The smallest absolute Gasteiger partial charge is 0.319 e. The van der Waals surface area contributed by atoms with Crippen molar-refractivity contribution in [2.24, 2.45) is 0 Å². The van der Waals surface area contributed by atoms with E-state index in [9.17, 15) is 9.59 Å². The summed E-state index contributed by atoms with van der Waals surface area (Å²) in [6, 6.07) is 9.71. The molecule has 2 heterocycles. The van der Waals surface area contributed by atoms with Crippen LogP contribution in [0.2, 0.25) is 0 Å². The van der Waals surface area contributed by atoms with Crippen molar-refractivity contribution in [2.45, 2.75) is 12.5 Å². The number of benzene rings is 2. The van der Waals surface area contributed by atoms with E-state index in [1.165, 1.54) is 7.11 Å². The van der Waals surface area contributed by atoms with Crippen LogP contribution in [0.5, 0.6) is 23.0 Å². The maximum Gasteiger partial charge on any atom is 0.319 e. The van der Waals surface area contributed by atoms with Gasteiger partial charge in [0.1, 0.15) is 0 Å². The van der Waals surface area contributed by atoms with Gasteiger partial charge >= 0.3 is 6.03 Å². The number of anilines is 2. The van der Waals surface area contributed by atoms with Gasteiger partial charge in [-0.05, 0) is 24.3 Å². The largest absolute Gasteiger partial charge is 0.493 e. The molecule has 2 N–H and O–H groups in total. The van der Waals surface area contributed by atoms with Gasteiger partial charge in [0.2, 0.25) is 12.7 Å². The molecule has 9 nitrogen and oxygen atoms in total. The molecule has 1 saturated heterocycles. The van der Waals surface area contributed by atoms with Gasteiger partial charge < -0.3 is 34.5 Å². The van der Waals surface area contributed by atoms with E-state index in [1.807, 2.05) is 0 Å². The Morgan fingerprint density at radius 1 is 1.07 bits per heavy atom. The number of rotatable bonds is 5. The fourth-order valence-corrected chi connectivity index (χ4v) is 3.37. The van der Waals surface area contributed by atoms with Gasteiger partial charge in [-0.3, -0.25) is 4.79 Å². The molecule has 0 radical (unpaired) electrons. The summed E-state index contributed by atoms with van der Waals surface area (Å²) in [5.41, 5.74) is 1.26. The van der Waals surface area contributed by atoms with Crippen LogP contribution in [0.4, 0.5) is 16.2 Å². The zero-order chi connectivity index (χ0) is 20.4. The first kappa shape index (κ1) is 18.7. The first-order valence-corrected chi connectivity index (χ1v) is 9.07. The summed E-state index contributed by atoms with van der Waals surface area (Å²) >= 11 is 0. The Kier molecular flexibility index (Phi) is 5.03. The molecule has 2 aliphatic heterocycles. The van der Waals surface area contributed by atoms with Crippen molar-refractivity contribution in [1.29, 1.82) is 0 Å². The Bertz CT molecular complexity index is 948. The minimum absolute atomic E-state index is 0.0781. The highest BCUT2D eigenvalue weighted by molar-refractivity contribution is 5.98.